The lowest BCUT2D eigenvalue weighted by Crippen LogP contribution is -2.28. The molecular formula is C16H16N4O4S. The fourth-order valence-electron chi connectivity index (χ4n) is 2.70. The van der Waals surface area contributed by atoms with Crippen molar-refractivity contribution in [3.05, 3.63) is 48.4 Å². The Kier molecular flexibility index (Phi) is 3.81. The molecule has 3 heterocycles. The Morgan fingerprint density at radius 2 is 1.92 bits per heavy atom. The highest BCUT2D eigenvalue weighted by Crippen LogP contribution is 2.32. The summed E-state index contributed by atoms with van der Waals surface area (Å²) in [6, 6.07) is 9.48. The van der Waals surface area contributed by atoms with E-state index in [4.69, 9.17) is 9.47 Å². The molecule has 0 amide bonds. The number of pyridine rings is 1. The molecule has 0 bridgehead atoms. The first-order valence-corrected chi connectivity index (χ1v) is 9.24. The summed E-state index contributed by atoms with van der Waals surface area (Å²) in [5, 5.41) is 8.13. The minimum Gasteiger partial charge on any atom is -0.486 e. The minimum absolute atomic E-state index is 0.109. The third-order valence-electron chi connectivity index (χ3n) is 3.88. The van der Waals surface area contributed by atoms with Crippen LogP contribution in [0.25, 0.3) is 5.65 Å². The number of sulfonamides is 1. The molecule has 0 unspecified atom stereocenters. The van der Waals surface area contributed by atoms with E-state index in [0.29, 0.717) is 36.2 Å². The van der Waals surface area contributed by atoms with E-state index in [1.54, 1.807) is 29.7 Å². The molecule has 1 N–H and O–H groups in total. The average molecular weight is 360 g/mol. The molecule has 3 aromatic rings. The van der Waals surface area contributed by atoms with Crippen LogP contribution in [0.2, 0.25) is 0 Å². The molecule has 1 aliphatic heterocycles. The fourth-order valence-corrected chi connectivity index (χ4v) is 3.92. The lowest BCUT2D eigenvalue weighted by atomic mass is 10.3. The van der Waals surface area contributed by atoms with E-state index in [1.807, 2.05) is 12.1 Å². The SMILES string of the molecule is C[C@H](NS(=O)(=O)c1ccc2c(c1)OCCO2)c1nnc2ccccn12. The van der Waals surface area contributed by atoms with Crippen LogP contribution in [0.5, 0.6) is 11.5 Å². The van der Waals surface area contributed by atoms with Gasteiger partial charge < -0.3 is 9.47 Å². The van der Waals surface area contributed by atoms with E-state index in [1.165, 1.54) is 12.1 Å². The second-order valence-corrected chi connectivity index (χ2v) is 7.35. The maximum absolute atomic E-state index is 12.7. The van der Waals surface area contributed by atoms with Gasteiger partial charge in [0.1, 0.15) is 13.2 Å². The van der Waals surface area contributed by atoms with Gasteiger partial charge in [0.25, 0.3) is 0 Å². The number of hydrogen-bond acceptors (Lipinski definition) is 6. The molecule has 25 heavy (non-hydrogen) atoms. The van der Waals surface area contributed by atoms with Gasteiger partial charge >= 0.3 is 0 Å². The molecule has 130 valence electrons. The van der Waals surface area contributed by atoms with Gasteiger partial charge in [0.05, 0.1) is 10.9 Å². The summed E-state index contributed by atoms with van der Waals surface area (Å²) in [6.45, 7) is 2.57. The highest BCUT2D eigenvalue weighted by Gasteiger charge is 2.24. The lowest BCUT2D eigenvalue weighted by molar-refractivity contribution is 0.171. The lowest BCUT2D eigenvalue weighted by Gasteiger charge is -2.19. The summed E-state index contributed by atoms with van der Waals surface area (Å²) in [5.74, 6) is 1.48. The van der Waals surface area contributed by atoms with Crippen LogP contribution in [-0.2, 0) is 10.0 Å². The van der Waals surface area contributed by atoms with E-state index in [9.17, 15) is 8.42 Å². The first-order valence-electron chi connectivity index (χ1n) is 7.76. The summed E-state index contributed by atoms with van der Waals surface area (Å²) in [6.07, 6.45) is 1.79. The molecule has 0 saturated heterocycles. The number of ether oxygens (including phenoxy) is 2. The Balaban J connectivity index is 1.62. The second-order valence-electron chi connectivity index (χ2n) is 5.64. The van der Waals surface area contributed by atoms with Crippen LogP contribution in [0.15, 0.2) is 47.5 Å². The number of aromatic nitrogens is 3. The van der Waals surface area contributed by atoms with Crippen molar-refractivity contribution in [2.45, 2.75) is 17.9 Å². The van der Waals surface area contributed by atoms with Crippen molar-refractivity contribution in [1.29, 1.82) is 0 Å². The van der Waals surface area contributed by atoms with Crippen molar-refractivity contribution < 1.29 is 17.9 Å². The van der Waals surface area contributed by atoms with Gasteiger partial charge in [-0.3, -0.25) is 4.40 Å². The molecule has 1 atom stereocenters. The van der Waals surface area contributed by atoms with Crippen molar-refractivity contribution in [2.24, 2.45) is 0 Å². The third kappa shape index (κ3) is 2.92. The molecular weight excluding hydrogens is 344 g/mol. The van der Waals surface area contributed by atoms with Crippen molar-refractivity contribution >= 4 is 15.7 Å². The number of nitrogens with one attached hydrogen (secondary N) is 1. The smallest absolute Gasteiger partial charge is 0.241 e. The molecule has 1 aliphatic rings. The normalized spacial score (nSPS) is 15.2. The predicted molar refractivity (Wildman–Crippen MR) is 89.2 cm³/mol. The number of hydrogen-bond donors (Lipinski definition) is 1. The molecule has 0 radical (unpaired) electrons. The minimum atomic E-state index is -3.75. The van der Waals surface area contributed by atoms with Crippen LogP contribution >= 0.6 is 0 Å². The van der Waals surface area contributed by atoms with E-state index >= 15 is 0 Å². The summed E-state index contributed by atoms with van der Waals surface area (Å²) in [7, 11) is -3.75. The summed E-state index contributed by atoms with van der Waals surface area (Å²) >= 11 is 0. The molecule has 0 spiro atoms. The van der Waals surface area contributed by atoms with Gasteiger partial charge in [0.15, 0.2) is 23.0 Å². The number of nitrogens with zero attached hydrogens (tertiary/aromatic N) is 3. The highest BCUT2D eigenvalue weighted by molar-refractivity contribution is 7.89. The maximum atomic E-state index is 12.7. The molecule has 0 saturated carbocycles. The Labute approximate surface area is 144 Å². The molecule has 9 heteroatoms. The van der Waals surface area contributed by atoms with E-state index in [0.717, 1.165) is 0 Å². The zero-order valence-corrected chi connectivity index (χ0v) is 14.2. The molecule has 8 nitrogen and oxygen atoms in total. The van der Waals surface area contributed by atoms with Gasteiger partial charge in [0.2, 0.25) is 10.0 Å². The van der Waals surface area contributed by atoms with Gasteiger partial charge in [-0.05, 0) is 31.2 Å². The Hall–Kier alpha value is -2.65. The van der Waals surface area contributed by atoms with E-state index in [-0.39, 0.29) is 4.90 Å². The Bertz CT molecular complexity index is 1030. The maximum Gasteiger partial charge on any atom is 0.241 e. The van der Waals surface area contributed by atoms with Gasteiger partial charge in [-0.1, -0.05) is 6.07 Å². The Morgan fingerprint density at radius 1 is 1.12 bits per heavy atom. The number of benzene rings is 1. The number of rotatable bonds is 4. The van der Waals surface area contributed by atoms with Crippen LogP contribution < -0.4 is 14.2 Å². The summed E-state index contributed by atoms with van der Waals surface area (Å²) in [4.78, 5) is 0.109. The zero-order chi connectivity index (χ0) is 17.4. The fraction of sp³-hybridized carbons (Fsp3) is 0.250. The topological polar surface area (TPSA) is 94.8 Å². The molecule has 4 rings (SSSR count). The summed E-state index contributed by atoms with van der Waals surface area (Å²) < 4.78 is 40.6. The average Bonchev–Trinajstić information content (AvgIpc) is 3.05. The molecule has 1 aromatic carbocycles. The van der Waals surface area contributed by atoms with Crippen LogP contribution in [0.3, 0.4) is 0 Å². The number of fused-ring (bicyclic) bond motifs is 2. The molecule has 2 aromatic heterocycles. The Morgan fingerprint density at radius 3 is 2.76 bits per heavy atom. The largest absolute Gasteiger partial charge is 0.486 e. The summed E-state index contributed by atoms with van der Waals surface area (Å²) in [5.41, 5.74) is 0.655. The van der Waals surface area contributed by atoms with Gasteiger partial charge in [-0.25, -0.2) is 13.1 Å². The van der Waals surface area contributed by atoms with Crippen LogP contribution in [0.4, 0.5) is 0 Å². The third-order valence-corrected chi connectivity index (χ3v) is 5.42. The van der Waals surface area contributed by atoms with E-state index < -0.39 is 16.1 Å². The predicted octanol–water partition coefficient (Wildman–Crippen LogP) is 1.54. The van der Waals surface area contributed by atoms with Crippen molar-refractivity contribution in [2.75, 3.05) is 13.2 Å². The first kappa shape index (κ1) is 15.9. The zero-order valence-electron chi connectivity index (χ0n) is 13.4. The molecule has 0 fully saturated rings. The van der Waals surface area contributed by atoms with Crippen LogP contribution in [0, 0.1) is 0 Å². The van der Waals surface area contributed by atoms with Gasteiger partial charge in [0, 0.05) is 12.3 Å². The standard InChI is InChI=1S/C16H16N4O4S/c1-11(16-18-17-15-4-2-3-7-20(15)16)19-25(21,22)12-5-6-13-14(10-12)24-9-8-23-13/h2-7,10-11,19H,8-9H2,1H3/t11-/m0/s1. The van der Waals surface area contributed by atoms with Gasteiger partial charge in [-0.15, -0.1) is 10.2 Å². The van der Waals surface area contributed by atoms with Gasteiger partial charge in [-0.2, -0.15) is 0 Å². The molecule has 0 aliphatic carbocycles. The monoisotopic (exact) mass is 360 g/mol. The second kappa shape index (κ2) is 6.01. The van der Waals surface area contributed by atoms with Crippen LogP contribution in [-0.4, -0.2) is 36.2 Å². The van der Waals surface area contributed by atoms with Crippen LogP contribution in [0.1, 0.15) is 18.8 Å². The van der Waals surface area contributed by atoms with Crippen molar-refractivity contribution in [3.8, 4) is 11.5 Å². The quantitative estimate of drug-likeness (QED) is 0.758. The van der Waals surface area contributed by atoms with E-state index in [2.05, 4.69) is 14.9 Å². The highest BCUT2D eigenvalue weighted by atomic mass is 32.2. The van der Waals surface area contributed by atoms with Crippen molar-refractivity contribution in [3.63, 3.8) is 0 Å². The van der Waals surface area contributed by atoms with Crippen molar-refractivity contribution in [1.82, 2.24) is 19.3 Å². The first-order chi connectivity index (χ1) is 12.0.